The Labute approximate surface area is 100 Å². The van der Waals surface area contributed by atoms with Crippen LogP contribution in [0.1, 0.15) is 16.6 Å². The molecule has 6 nitrogen and oxygen atoms in total. The van der Waals surface area contributed by atoms with Crippen LogP contribution in [-0.2, 0) is 9.53 Å². The van der Waals surface area contributed by atoms with Crippen LogP contribution in [0.25, 0.3) is 10.3 Å². The predicted molar refractivity (Wildman–Crippen MR) is 62.8 cm³/mol. The number of hydrogen-bond donors (Lipinski definition) is 1. The van der Waals surface area contributed by atoms with Crippen molar-refractivity contribution in [2.45, 2.75) is 6.92 Å². The molecule has 2 heterocycles. The van der Waals surface area contributed by atoms with Gasteiger partial charge >= 0.3 is 5.97 Å². The van der Waals surface area contributed by atoms with E-state index < -0.39 is 11.8 Å². The Hall–Kier alpha value is -2.02. The number of carbonyl (C=O) groups excluding carboxylic acids is 2. The van der Waals surface area contributed by atoms with E-state index in [2.05, 4.69) is 14.7 Å². The number of fused-ring (bicyclic) bond motifs is 1. The van der Waals surface area contributed by atoms with Gasteiger partial charge in [0.15, 0.2) is 0 Å². The molecule has 0 fully saturated rings. The summed E-state index contributed by atoms with van der Waals surface area (Å²) < 4.78 is 4.63. The summed E-state index contributed by atoms with van der Waals surface area (Å²) in [5, 5.41) is 0. The summed E-state index contributed by atoms with van der Waals surface area (Å²) in [6, 6.07) is 0. The third-order valence-corrected chi connectivity index (χ3v) is 3.13. The second kappa shape index (κ2) is 4.46. The normalized spacial score (nSPS) is 10.4. The first-order valence-corrected chi connectivity index (χ1v) is 5.67. The van der Waals surface area contributed by atoms with Gasteiger partial charge in [-0.25, -0.2) is 14.8 Å². The van der Waals surface area contributed by atoms with Crippen molar-refractivity contribution in [3.8, 4) is 0 Å². The fourth-order valence-corrected chi connectivity index (χ4v) is 2.25. The SMILES string of the molecule is CCOC(=O)C(=O)c1sc2nccnc2c1N. The lowest BCUT2D eigenvalue weighted by Gasteiger charge is -1.98. The molecule has 0 saturated carbocycles. The van der Waals surface area contributed by atoms with Gasteiger partial charge in [0, 0.05) is 12.4 Å². The summed E-state index contributed by atoms with van der Waals surface area (Å²) in [6.45, 7) is 1.77. The van der Waals surface area contributed by atoms with E-state index in [0.717, 1.165) is 11.3 Å². The topological polar surface area (TPSA) is 95.2 Å². The summed E-state index contributed by atoms with van der Waals surface area (Å²) in [6.07, 6.45) is 2.97. The highest BCUT2D eigenvalue weighted by Crippen LogP contribution is 2.30. The molecule has 0 unspecified atom stereocenters. The molecule has 0 aliphatic carbocycles. The van der Waals surface area contributed by atoms with Crippen LogP contribution in [0.5, 0.6) is 0 Å². The first-order valence-electron chi connectivity index (χ1n) is 4.85. The van der Waals surface area contributed by atoms with E-state index in [-0.39, 0.29) is 17.2 Å². The van der Waals surface area contributed by atoms with Crippen molar-refractivity contribution in [1.82, 2.24) is 9.97 Å². The standard InChI is InChI=1S/C10H9N3O3S/c1-2-16-10(15)7(14)8-5(11)6-9(17-8)13-4-3-12-6/h3-4H,2,11H2,1H3. The molecule has 2 aromatic heterocycles. The highest BCUT2D eigenvalue weighted by molar-refractivity contribution is 7.21. The lowest BCUT2D eigenvalue weighted by molar-refractivity contribution is -0.137. The summed E-state index contributed by atoms with van der Waals surface area (Å²) in [4.78, 5) is 31.7. The molecule has 7 heteroatoms. The number of anilines is 1. The number of hydrogen-bond acceptors (Lipinski definition) is 7. The average Bonchev–Trinajstić information content (AvgIpc) is 2.67. The summed E-state index contributed by atoms with van der Waals surface area (Å²) in [7, 11) is 0. The van der Waals surface area contributed by atoms with Gasteiger partial charge in [-0.2, -0.15) is 0 Å². The van der Waals surface area contributed by atoms with E-state index in [4.69, 9.17) is 5.73 Å². The van der Waals surface area contributed by atoms with Gasteiger partial charge in [-0.05, 0) is 6.92 Å². The molecular weight excluding hydrogens is 242 g/mol. The Bertz CT molecular complexity index is 593. The Morgan fingerprint density at radius 3 is 2.76 bits per heavy atom. The maximum Gasteiger partial charge on any atom is 0.380 e. The van der Waals surface area contributed by atoms with E-state index >= 15 is 0 Å². The number of nitrogen functional groups attached to an aromatic ring is 1. The van der Waals surface area contributed by atoms with Gasteiger partial charge in [-0.1, -0.05) is 0 Å². The van der Waals surface area contributed by atoms with Crippen molar-refractivity contribution in [3.63, 3.8) is 0 Å². The van der Waals surface area contributed by atoms with Crippen molar-refractivity contribution in [3.05, 3.63) is 17.3 Å². The zero-order chi connectivity index (χ0) is 12.4. The molecule has 2 rings (SSSR count). The lowest BCUT2D eigenvalue weighted by atomic mass is 10.3. The van der Waals surface area contributed by atoms with Crippen LogP contribution in [0.15, 0.2) is 12.4 Å². The molecule has 2 N–H and O–H groups in total. The van der Waals surface area contributed by atoms with E-state index in [1.165, 1.54) is 12.4 Å². The number of nitrogens with two attached hydrogens (primary N) is 1. The first-order chi connectivity index (χ1) is 8.15. The number of thiophene rings is 1. The number of ether oxygens (including phenoxy) is 1. The Balaban J connectivity index is 2.46. The summed E-state index contributed by atoms with van der Waals surface area (Å²) >= 11 is 1.04. The van der Waals surface area contributed by atoms with Crippen molar-refractivity contribution < 1.29 is 14.3 Å². The maximum atomic E-state index is 11.7. The minimum Gasteiger partial charge on any atom is -0.460 e. The van der Waals surface area contributed by atoms with E-state index in [9.17, 15) is 9.59 Å². The van der Waals surface area contributed by atoms with E-state index in [1.807, 2.05) is 0 Å². The van der Waals surface area contributed by atoms with Crippen LogP contribution in [0.3, 0.4) is 0 Å². The van der Waals surface area contributed by atoms with Crippen LogP contribution < -0.4 is 5.73 Å². The minimum absolute atomic E-state index is 0.129. The molecule has 2 aromatic rings. The van der Waals surface area contributed by atoms with Gasteiger partial charge in [0.1, 0.15) is 15.2 Å². The Morgan fingerprint density at radius 1 is 1.41 bits per heavy atom. The molecule has 0 amide bonds. The lowest BCUT2D eigenvalue weighted by Crippen LogP contribution is -2.17. The highest BCUT2D eigenvalue weighted by atomic mass is 32.1. The Morgan fingerprint density at radius 2 is 2.12 bits per heavy atom. The maximum absolute atomic E-state index is 11.7. The molecule has 0 aromatic carbocycles. The zero-order valence-corrected chi connectivity index (χ0v) is 9.78. The monoisotopic (exact) mass is 251 g/mol. The van der Waals surface area contributed by atoms with E-state index in [1.54, 1.807) is 6.92 Å². The van der Waals surface area contributed by atoms with Gasteiger partial charge in [-0.3, -0.25) is 4.79 Å². The number of esters is 1. The fourth-order valence-electron chi connectivity index (χ4n) is 1.30. The van der Waals surface area contributed by atoms with Gasteiger partial charge in [0.2, 0.25) is 0 Å². The second-order valence-electron chi connectivity index (χ2n) is 3.10. The molecular formula is C10H9N3O3S. The molecule has 0 saturated heterocycles. The van der Waals surface area contributed by atoms with E-state index in [0.29, 0.717) is 10.3 Å². The van der Waals surface area contributed by atoms with Gasteiger partial charge in [-0.15, -0.1) is 11.3 Å². The molecule has 0 spiro atoms. The molecule has 0 aliphatic rings. The largest absolute Gasteiger partial charge is 0.460 e. The molecule has 0 aliphatic heterocycles. The summed E-state index contributed by atoms with van der Waals surface area (Å²) in [5.74, 6) is -1.67. The smallest absolute Gasteiger partial charge is 0.380 e. The first kappa shape index (κ1) is 11.5. The number of nitrogens with zero attached hydrogens (tertiary/aromatic N) is 2. The van der Waals surface area contributed by atoms with Crippen LogP contribution in [0.4, 0.5) is 5.69 Å². The van der Waals surface area contributed by atoms with Gasteiger partial charge < -0.3 is 10.5 Å². The molecule has 17 heavy (non-hydrogen) atoms. The van der Waals surface area contributed by atoms with Gasteiger partial charge in [0.05, 0.1) is 12.3 Å². The van der Waals surface area contributed by atoms with Crippen LogP contribution in [0, 0.1) is 0 Å². The molecule has 88 valence electrons. The van der Waals surface area contributed by atoms with Crippen molar-refractivity contribution in [2.75, 3.05) is 12.3 Å². The number of Topliss-reactive ketones (excluding diaryl/α,β-unsaturated/α-hetero) is 1. The van der Waals surface area contributed by atoms with Crippen molar-refractivity contribution >= 4 is 39.1 Å². The van der Waals surface area contributed by atoms with Crippen LogP contribution in [-0.4, -0.2) is 28.3 Å². The second-order valence-corrected chi connectivity index (χ2v) is 4.10. The Kier molecular flexibility index (Phi) is 3.01. The minimum atomic E-state index is -0.911. The number of ketones is 1. The third kappa shape index (κ3) is 1.96. The third-order valence-electron chi connectivity index (χ3n) is 2.03. The van der Waals surface area contributed by atoms with Gasteiger partial charge in [0.25, 0.3) is 5.78 Å². The average molecular weight is 251 g/mol. The predicted octanol–water partition coefficient (Wildman–Crippen LogP) is 1.02. The molecule has 0 bridgehead atoms. The number of carbonyl (C=O) groups is 2. The van der Waals surface area contributed by atoms with Crippen LogP contribution in [0.2, 0.25) is 0 Å². The quantitative estimate of drug-likeness (QED) is 0.497. The summed E-state index contributed by atoms with van der Waals surface area (Å²) in [5.41, 5.74) is 6.37. The van der Waals surface area contributed by atoms with Crippen molar-refractivity contribution in [2.24, 2.45) is 0 Å². The fraction of sp³-hybridized carbons (Fsp3) is 0.200. The van der Waals surface area contributed by atoms with Crippen molar-refractivity contribution in [1.29, 1.82) is 0 Å². The number of aromatic nitrogens is 2. The highest BCUT2D eigenvalue weighted by Gasteiger charge is 2.24. The molecule has 0 radical (unpaired) electrons. The zero-order valence-electron chi connectivity index (χ0n) is 8.97. The van der Waals surface area contributed by atoms with Crippen LogP contribution >= 0.6 is 11.3 Å². The number of rotatable bonds is 3. The molecule has 0 atom stereocenters.